The summed E-state index contributed by atoms with van der Waals surface area (Å²) >= 11 is 19.8. The molecule has 4 aromatic rings. The lowest BCUT2D eigenvalue weighted by Gasteiger charge is -2.28. The number of carbonyl (C=O) groups is 1. The molecule has 38 heavy (non-hydrogen) atoms. The molecule has 0 aliphatic rings. The van der Waals surface area contributed by atoms with E-state index in [0.717, 1.165) is 17.3 Å². The van der Waals surface area contributed by atoms with Crippen molar-refractivity contribution < 1.29 is 23.4 Å². The van der Waals surface area contributed by atoms with Crippen LogP contribution in [0.1, 0.15) is 41.0 Å². The van der Waals surface area contributed by atoms with Crippen LogP contribution in [0.2, 0.25) is 15.1 Å². The Morgan fingerprint density at radius 2 is 1.76 bits per heavy atom. The highest BCUT2D eigenvalue weighted by Crippen LogP contribution is 2.39. The van der Waals surface area contributed by atoms with E-state index in [1.165, 1.54) is 31.0 Å². The number of thioether (sulfide) groups is 1. The van der Waals surface area contributed by atoms with Crippen LogP contribution in [0.25, 0.3) is 5.69 Å². The van der Waals surface area contributed by atoms with Crippen molar-refractivity contribution in [2.45, 2.75) is 30.2 Å². The van der Waals surface area contributed by atoms with Crippen LogP contribution in [0.15, 0.2) is 59.9 Å². The van der Waals surface area contributed by atoms with E-state index in [9.17, 15) is 13.6 Å². The Morgan fingerprint density at radius 1 is 1.03 bits per heavy atom. The quantitative estimate of drug-likeness (QED) is 0.207. The summed E-state index contributed by atoms with van der Waals surface area (Å²) in [5.74, 6) is -2.43. The Bertz CT molecular complexity index is 1520. The normalized spacial score (nSPS) is 11.6. The maximum Gasteiger partial charge on any atom is 0.335 e. The topological polar surface area (TPSA) is 64.4 Å². The molecular formula is C27H21Cl3F2N2O3S. The van der Waals surface area contributed by atoms with E-state index in [4.69, 9.17) is 44.6 Å². The zero-order valence-electron chi connectivity index (χ0n) is 20.4. The molecule has 0 unspecified atom stereocenters. The highest BCUT2D eigenvalue weighted by molar-refractivity contribution is 7.98. The van der Waals surface area contributed by atoms with Crippen molar-refractivity contribution in [2.75, 3.05) is 7.11 Å². The molecule has 4 rings (SSSR count). The lowest BCUT2D eigenvalue weighted by molar-refractivity contribution is 0.0696. The molecule has 1 heterocycles. The van der Waals surface area contributed by atoms with Gasteiger partial charge in [0.1, 0.15) is 5.82 Å². The van der Waals surface area contributed by atoms with Crippen LogP contribution in [-0.4, -0.2) is 27.7 Å². The molecule has 0 fully saturated rings. The zero-order chi connectivity index (χ0) is 27.8. The smallest absolute Gasteiger partial charge is 0.335 e. The third kappa shape index (κ3) is 5.50. The van der Waals surface area contributed by atoms with Crippen molar-refractivity contribution in [3.05, 3.63) is 104 Å². The lowest BCUT2D eigenvalue weighted by Crippen LogP contribution is -2.23. The fourth-order valence-corrected chi connectivity index (χ4v) is 5.63. The first kappa shape index (κ1) is 28.2. The maximum absolute atomic E-state index is 14.8. The Hall–Kier alpha value is -2.78. The minimum absolute atomic E-state index is 0.00665. The van der Waals surface area contributed by atoms with Crippen LogP contribution in [0.5, 0.6) is 5.75 Å². The summed E-state index contributed by atoms with van der Waals surface area (Å²) < 4.78 is 36.0. The monoisotopic (exact) mass is 596 g/mol. The van der Waals surface area contributed by atoms with Crippen LogP contribution in [0, 0.1) is 11.6 Å². The van der Waals surface area contributed by atoms with Gasteiger partial charge in [-0.2, -0.15) is 0 Å². The Labute approximate surface area is 237 Å². The minimum atomic E-state index is -1.28. The summed E-state index contributed by atoms with van der Waals surface area (Å²) in [4.78, 5) is 15.8. The van der Waals surface area contributed by atoms with E-state index in [-0.39, 0.29) is 27.7 Å². The SMILES string of the molecule is COc1cc(-n2c(C(C)(C)c3ccc(Cl)c(Cl)c3)cnc2SCc2c(F)cc(C(=O)O)cc2Cl)ccc1F. The van der Waals surface area contributed by atoms with Crippen LogP contribution < -0.4 is 4.74 Å². The molecule has 0 aliphatic heterocycles. The van der Waals surface area contributed by atoms with E-state index in [0.29, 0.717) is 20.9 Å². The molecule has 5 nitrogen and oxygen atoms in total. The van der Waals surface area contributed by atoms with Gasteiger partial charge < -0.3 is 9.84 Å². The number of carboxylic acid groups (broad SMARTS) is 1. The predicted octanol–water partition coefficient (Wildman–Crippen LogP) is 8.44. The molecule has 3 aromatic carbocycles. The van der Waals surface area contributed by atoms with Crippen LogP contribution in [0.4, 0.5) is 8.78 Å². The number of hydrogen-bond acceptors (Lipinski definition) is 4. The van der Waals surface area contributed by atoms with Crippen LogP contribution >= 0.6 is 46.6 Å². The second kappa shape index (κ2) is 11.1. The Morgan fingerprint density at radius 3 is 2.39 bits per heavy atom. The van der Waals surface area contributed by atoms with Gasteiger partial charge in [-0.05, 0) is 42.0 Å². The van der Waals surface area contributed by atoms with Gasteiger partial charge in [-0.3, -0.25) is 4.57 Å². The third-order valence-electron chi connectivity index (χ3n) is 6.14. The molecule has 0 radical (unpaired) electrons. The fraction of sp³-hybridized carbons (Fsp3) is 0.185. The predicted molar refractivity (Wildman–Crippen MR) is 147 cm³/mol. The molecular weight excluding hydrogens is 577 g/mol. The summed E-state index contributed by atoms with van der Waals surface area (Å²) in [5.41, 5.74) is 1.41. The molecule has 0 bridgehead atoms. The standard InChI is InChI=1S/C27H21Cl3F2N2O3S/c1-27(2,15-4-6-18(28)20(30)10-15)24-12-33-26(34(24)16-5-7-21(31)23(11-16)37-3)38-13-17-19(29)8-14(25(35)36)9-22(17)32/h4-12H,13H2,1-3H3,(H,35,36). The highest BCUT2D eigenvalue weighted by Gasteiger charge is 2.30. The average Bonchev–Trinajstić information content (AvgIpc) is 3.30. The molecule has 1 N–H and O–H groups in total. The van der Waals surface area contributed by atoms with Gasteiger partial charge >= 0.3 is 5.97 Å². The van der Waals surface area contributed by atoms with Gasteiger partial charge in [0, 0.05) is 27.8 Å². The first-order valence-electron chi connectivity index (χ1n) is 11.2. The number of hydrogen-bond donors (Lipinski definition) is 1. The number of imidazole rings is 1. The maximum atomic E-state index is 14.8. The number of methoxy groups -OCH3 is 1. The molecule has 1 aromatic heterocycles. The van der Waals surface area contributed by atoms with Gasteiger partial charge in [0.25, 0.3) is 0 Å². The van der Waals surface area contributed by atoms with E-state index in [1.54, 1.807) is 30.5 Å². The van der Waals surface area contributed by atoms with Crippen molar-refractivity contribution in [2.24, 2.45) is 0 Å². The van der Waals surface area contributed by atoms with Gasteiger partial charge in [0.15, 0.2) is 16.7 Å². The molecule has 0 spiro atoms. The first-order valence-corrected chi connectivity index (χ1v) is 13.3. The number of benzene rings is 3. The summed E-state index contributed by atoms with van der Waals surface area (Å²) in [7, 11) is 1.37. The lowest BCUT2D eigenvalue weighted by atomic mass is 9.81. The van der Waals surface area contributed by atoms with Crippen molar-refractivity contribution in [1.29, 1.82) is 0 Å². The van der Waals surface area contributed by atoms with Gasteiger partial charge in [-0.15, -0.1) is 0 Å². The number of aromatic nitrogens is 2. The molecule has 11 heteroatoms. The van der Waals surface area contributed by atoms with Crippen molar-refractivity contribution in [1.82, 2.24) is 9.55 Å². The summed E-state index contributed by atoms with van der Waals surface area (Å²) in [5, 5.41) is 10.5. The fourth-order valence-electron chi connectivity index (χ4n) is 3.95. The second-order valence-electron chi connectivity index (χ2n) is 8.85. The zero-order valence-corrected chi connectivity index (χ0v) is 23.4. The van der Waals surface area contributed by atoms with Crippen molar-refractivity contribution >= 4 is 52.5 Å². The molecule has 198 valence electrons. The Balaban J connectivity index is 1.82. The van der Waals surface area contributed by atoms with Gasteiger partial charge in [-0.1, -0.05) is 66.5 Å². The third-order valence-corrected chi connectivity index (χ3v) is 8.19. The largest absolute Gasteiger partial charge is 0.494 e. The van der Waals surface area contributed by atoms with Crippen molar-refractivity contribution in [3.8, 4) is 11.4 Å². The van der Waals surface area contributed by atoms with Gasteiger partial charge in [-0.25, -0.2) is 18.6 Å². The highest BCUT2D eigenvalue weighted by atomic mass is 35.5. The summed E-state index contributed by atoms with van der Waals surface area (Å²) in [6.45, 7) is 3.97. The average molecular weight is 598 g/mol. The van der Waals surface area contributed by atoms with Crippen LogP contribution in [-0.2, 0) is 11.2 Å². The number of nitrogens with zero attached hydrogens (tertiary/aromatic N) is 2. The molecule has 0 saturated carbocycles. The number of ether oxygens (including phenoxy) is 1. The molecule has 0 atom stereocenters. The molecule has 0 saturated heterocycles. The van der Waals surface area contributed by atoms with Crippen molar-refractivity contribution in [3.63, 3.8) is 0 Å². The Kier molecular flexibility index (Phi) is 8.28. The van der Waals surface area contributed by atoms with E-state index in [1.807, 2.05) is 24.5 Å². The number of aromatic carboxylic acids is 1. The van der Waals surface area contributed by atoms with E-state index < -0.39 is 23.0 Å². The van der Waals surface area contributed by atoms with E-state index in [2.05, 4.69) is 4.98 Å². The van der Waals surface area contributed by atoms with Gasteiger partial charge in [0.05, 0.1) is 40.3 Å². The molecule has 0 amide bonds. The second-order valence-corrected chi connectivity index (χ2v) is 11.0. The molecule has 0 aliphatic carbocycles. The summed E-state index contributed by atoms with van der Waals surface area (Å²) in [6, 6.07) is 11.9. The van der Waals surface area contributed by atoms with Gasteiger partial charge in [0.2, 0.25) is 0 Å². The first-order chi connectivity index (χ1) is 17.9. The number of halogens is 5. The minimum Gasteiger partial charge on any atom is -0.494 e. The number of carboxylic acids is 1. The van der Waals surface area contributed by atoms with Crippen LogP contribution in [0.3, 0.4) is 0 Å². The van der Waals surface area contributed by atoms with E-state index >= 15 is 0 Å². The number of rotatable bonds is 8. The summed E-state index contributed by atoms with van der Waals surface area (Å²) in [6.07, 6.45) is 1.69.